The number of anilines is 2. The van der Waals surface area contributed by atoms with E-state index in [-0.39, 0.29) is 10.6 Å². The molecular weight excluding hydrogens is 446 g/mol. The lowest BCUT2D eigenvalue weighted by Crippen LogP contribution is -2.30. The molecule has 0 aromatic heterocycles. The normalized spacial score (nSPS) is 12.0. The number of ether oxygens (including phenoxy) is 1. The molecule has 1 atom stereocenters. The molecule has 0 saturated heterocycles. The van der Waals surface area contributed by atoms with Crippen LogP contribution in [0.15, 0.2) is 71.6 Å². The highest BCUT2D eigenvalue weighted by Gasteiger charge is 2.18. The largest absolute Gasteiger partial charge is 0.481 e. The fourth-order valence-corrected chi connectivity index (χ4v) is 4.24. The van der Waals surface area contributed by atoms with Crippen molar-refractivity contribution in [3.8, 4) is 5.75 Å². The summed E-state index contributed by atoms with van der Waals surface area (Å²) in [6.07, 6.45) is -0.888. The summed E-state index contributed by atoms with van der Waals surface area (Å²) >= 11 is 0. The lowest BCUT2D eigenvalue weighted by molar-refractivity contribution is -0.384. The van der Waals surface area contributed by atoms with Crippen LogP contribution in [0, 0.1) is 24.0 Å². The van der Waals surface area contributed by atoms with Gasteiger partial charge in [-0.3, -0.25) is 19.6 Å². The highest BCUT2D eigenvalue weighted by molar-refractivity contribution is 7.92. The molecule has 0 aliphatic carbocycles. The molecule has 0 aliphatic heterocycles. The Morgan fingerprint density at radius 2 is 1.55 bits per heavy atom. The molecule has 0 saturated carbocycles. The third kappa shape index (κ3) is 5.86. The lowest BCUT2D eigenvalue weighted by Gasteiger charge is -2.15. The van der Waals surface area contributed by atoms with Crippen molar-refractivity contribution in [2.45, 2.75) is 31.8 Å². The van der Waals surface area contributed by atoms with Crippen LogP contribution < -0.4 is 14.8 Å². The Morgan fingerprint density at radius 3 is 2.09 bits per heavy atom. The Bertz CT molecular complexity index is 1250. The van der Waals surface area contributed by atoms with Gasteiger partial charge in [0.1, 0.15) is 5.75 Å². The fourth-order valence-electron chi connectivity index (χ4n) is 3.03. The summed E-state index contributed by atoms with van der Waals surface area (Å²) in [7, 11) is -3.81. The monoisotopic (exact) mass is 469 g/mol. The SMILES string of the molecule is Cc1cccc(C)c1NS(=O)(=O)c1ccc(NC(=O)[C@@H](C)Oc2ccc([N+](=O)[O-])cc2)cc1. The summed E-state index contributed by atoms with van der Waals surface area (Å²) in [6.45, 7) is 5.18. The summed E-state index contributed by atoms with van der Waals surface area (Å²) in [5.74, 6) is -0.153. The van der Waals surface area contributed by atoms with Crippen molar-refractivity contribution >= 4 is 33.0 Å². The predicted molar refractivity (Wildman–Crippen MR) is 125 cm³/mol. The Balaban J connectivity index is 1.64. The number of rotatable bonds is 8. The summed E-state index contributed by atoms with van der Waals surface area (Å²) in [5, 5.41) is 13.4. The molecule has 10 heteroatoms. The number of carbonyl (C=O) groups is 1. The van der Waals surface area contributed by atoms with Gasteiger partial charge in [-0.15, -0.1) is 0 Å². The number of amides is 1. The van der Waals surface area contributed by atoms with Gasteiger partial charge < -0.3 is 10.1 Å². The zero-order valence-corrected chi connectivity index (χ0v) is 19.0. The molecule has 0 heterocycles. The minimum atomic E-state index is -3.81. The van der Waals surface area contributed by atoms with E-state index in [2.05, 4.69) is 10.0 Å². The van der Waals surface area contributed by atoms with Crippen LogP contribution >= 0.6 is 0 Å². The number of nitro groups is 1. The number of nitrogens with one attached hydrogen (secondary N) is 2. The highest BCUT2D eigenvalue weighted by atomic mass is 32.2. The maximum atomic E-state index is 12.8. The third-order valence-electron chi connectivity index (χ3n) is 4.88. The van der Waals surface area contributed by atoms with Gasteiger partial charge in [0.2, 0.25) is 0 Å². The summed E-state index contributed by atoms with van der Waals surface area (Å²) in [4.78, 5) is 22.7. The molecule has 9 nitrogen and oxygen atoms in total. The second kappa shape index (κ2) is 9.70. The number of benzene rings is 3. The first-order chi connectivity index (χ1) is 15.6. The number of non-ortho nitro benzene ring substituents is 1. The number of nitro benzene ring substituents is 1. The first kappa shape index (κ1) is 23.7. The molecule has 0 fully saturated rings. The Hall–Kier alpha value is -3.92. The fraction of sp³-hybridized carbons (Fsp3) is 0.174. The van der Waals surface area contributed by atoms with Gasteiger partial charge in [0, 0.05) is 17.8 Å². The second-order valence-corrected chi connectivity index (χ2v) is 9.08. The van der Waals surface area contributed by atoms with Crippen LogP contribution in [0.5, 0.6) is 5.75 Å². The minimum Gasteiger partial charge on any atom is -0.481 e. The van der Waals surface area contributed by atoms with Crippen LogP contribution in [0.25, 0.3) is 0 Å². The Labute approximate surface area is 191 Å². The summed E-state index contributed by atoms with van der Waals surface area (Å²) in [6, 6.07) is 16.6. The van der Waals surface area contributed by atoms with Crippen molar-refractivity contribution in [2.24, 2.45) is 0 Å². The van der Waals surface area contributed by atoms with E-state index in [0.717, 1.165) is 11.1 Å². The average Bonchev–Trinajstić information content (AvgIpc) is 2.77. The first-order valence-corrected chi connectivity index (χ1v) is 11.5. The molecule has 172 valence electrons. The molecule has 3 aromatic rings. The summed E-state index contributed by atoms with van der Waals surface area (Å²) in [5.41, 5.74) is 2.47. The van der Waals surface area contributed by atoms with Crippen molar-refractivity contribution in [3.63, 3.8) is 0 Å². The van der Waals surface area contributed by atoms with Crippen LogP contribution in [0.4, 0.5) is 17.1 Å². The number of carbonyl (C=O) groups excluding carboxylic acids is 1. The van der Waals surface area contributed by atoms with Crippen LogP contribution in [0.2, 0.25) is 0 Å². The minimum absolute atomic E-state index is 0.0540. The van der Waals surface area contributed by atoms with Crippen LogP contribution in [-0.4, -0.2) is 25.4 Å². The maximum absolute atomic E-state index is 12.8. The van der Waals surface area contributed by atoms with E-state index in [1.165, 1.54) is 55.5 Å². The van der Waals surface area contributed by atoms with Gasteiger partial charge in [0.25, 0.3) is 21.6 Å². The van der Waals surface area contributed by atoms with E-state index in [1.54, 1.807) is 0 Å². The molecule has 1 amide bonds. The molecule has 0 aliphatic rings. The molecule has 2 N–H and O–H groups in total. The third-order valence-corrected chi connectivity index (χ3v) is 6.24. The van der Waals surface area contributed by atoms with Crippen LogP contribution in [-0.2, 0) is 14.8 Å². The topological polar surface area (TPSA) is 128 Å². The van der Waals surface area contributed by atoms with Crippen LogP contribution in [0.1, 0.15) is 18.1 Å². The van der Waals surface area contributed by atoms with E-state index < -0.39 is 27.0 Å². The molecule has 33 heavy (non-hydrogen) atoms. The van der Waals surface area contributed by atoms with Crippen molar-refractivity contribution in [3.05, 3.63) is 88.0 Å². The van der Waals surface area contributed by atoms with Crippen molar-refractivity contribution in [2.75, 3.05) is 10.0 Å². The second-order valence-electron chi connectivity index (χ2n) is 7.40. The van der Waals surface area contributed by atoms with Crippen LogP contribution in [0.3, 0.4) is 0 Å². The van der Waals surface area contributed by atoms with Gasteiger partial charge in [-0.2, -0.15) is 0 Å². The number of aryl methyl sites for hydroxylation is 2. The summed E-state index contributed by atoms with van der Waals surface area (Å²) < 4.78 is 33.6. The molecule has 0 bridgehead atoms. The van der Waals surface area contributed by atoms with Gasteiger partial charge in [-0.25, -0.2) is 8.42 Å². The zero-order valence-electron chi connectivity index (χ0n) is 18.2. The van der Waals surface area contributed by atoms with Gasteiger partial charge in [0.15, 0.2) is 6.10 Å². The number of hydrogen-bond donors (Lipinski definition) is 2. The Kier molecular flexibility index (Phi) is 6.98. The van der Waals surface area contributed by atoms with E-state index >= 15 is 0 Å². The van der Waals surface area contributed by atoms with Crippen molar-refractivity contribution in [1.82, 2.24) is 0 Å². The molecule has 0 radical (unpaired) electrons. The predicted octanol–water partition coefficient (Wildman–Crippen LogP) is 4.42. The van der Waals surface area contributed by atoms with Gasteiger partial charge in [-0.1, -0.05) is 18.2 Å². The molecule has 3 aromatic carbocycles. The average molecular weight is 470 g/mol. The van der Waals surface area contributed by atoms with Gasteiger partial charge >= 0.3 is 0 Å². The number of para-hydroxylation sites is 1. The first-order valence-electron chi connectivity index (χ1n) is 9.98. The quantitative estimate of drug-likeness (QED) is 0.371. The van der Waals surface area contributed by atoms with E-state index in [4.69, 9.17) is 4.74 Å². The molecule has 3 rings (SSSR count). The van der Waals surface area contributed by atoms with Gasteiger partial charge in [-0.05, 0) is 68.3 Å². The molecule has 0 spiro atoms. The molecule has 0 unspecified atom stereocenters. The van der Waals surface area contributed by atoms with Gasteiger partial charge in [0.05, 0.1) is 15.5 Å². The number of nitrogens with zero attached hydrogens (tertiary/aromatic N) is 1. The standard InChI is InChI=1S/C23H23N3O6S/c1-15-5-4-6-16(2)22(15)25-33(30,31)21-13-7-18(8-14-21)24-23(27)17(3)32-20-11-9-19(10-12-20)26(28)29/h4-14,17,25H,1-3H3,(H,24,27)/t17-/m1/s1. The Morgan fingerprint density at radius 1 is 0.970 bits per heavy atom. The van der Waals surface area contributed by atoms with Crippen molar-refractivity contribution < 1.29 is 22.9 Å². The lowest BCUT2D eigenvalue weighted by atomic mass is 10.1. The smallest absolute Gasteiger partial charge is 0.269 e. The van der Waals surface area contributed by atoms with Crippen molar-refractivity contribution in [1.29, 1.82) is 0 Å². The van der Waals surface area contributed by atoms with E-state index in [9.17, 15) is 23.3 Å². The molecular formula is C23H23N3O6S. The number of hydrogen-bond acceptors (Lipinski definition) is 6. The maximum Gasteiger partial charge on any atom is 0.269 e. The highest BCUT2D eigenvalue weighted by Crippen LogP contribution is 2.24. The zero-order chi connectivity index (χ0) is 24.2. The number of sulfonamides is 1. The van der Waals surface area contributed by atoms with E-state index in [0.29, 0.717) is 17.1 Å². The van der Waals surface area contributed by atoms with E-state index in [1.807, 2.05) is 32.0 Å².